The molecular weight excluding hydrogens is 554 g/mol. The maximum Gasteiger partial charge on any atom is 0.222 e. The average molecular weight is 590 g/mol. The van der Waals surface area contributed by atoms with Crippen LogP contribution in [0.4, 0.5) is 0 Å². The number of halogens is 1. The molecule has 0 aliphatic carbocycles. The van der Waals surface area contributed by atoms with Crippen molar-refractivity contribution in [3.05, 3.63) is 120 Å². The number of hydrogen-bond acceptors (Lipinski definition) is 5. The first-order valence-electron chi connectivity index (χ1n) is 14.2. The molecule has 3 aromatic heterocycles. The van der Waals surface area contributed by atoms with Gasteiger partial charge in [0.1, 0.15) is 23.6 Å². The molecule has 0 bridgehead atoms. The Bertz CT molecular complexity index is 1810. The van der Waals surface area contributed by atoms with Gasteiger partial charge >= 0.3 is 0 Å². The normalized spacial score (nSPS) is 11.6. The lowest BCUT2D eigenvalue weighted by Crippen LogP contribution is -2.10. The molecule has 0 saturated carbocycles. The van der Waals surface area contributed by atoms with Crippen molar-refractivity contribution in [2.45, 2.75) is 52.4 Å². The van der Waals surface area contributed by atoms with E-state index in [1.165, 1.54) is 23.8 Å². The second-order valence-corrected chi connectivity index (χ2v) is 12.8. The molecule has 218 valence electrons. The maximum atomic E-state index is 5.93. The van der Waals surface area contributed by atoms with Gasteiger partial charge in [0.25, 0.3) is 0 Å². The van der Waals surface area contributed by atoms with Crippen molar-refractivity contribution in [3.63, 3.8) is 0 Å². The van der Waals surface area contributed by atoms with Crippen LogP contribution in [0, 0.1) is 0 Å². The van der Waals surface area contributed by atoms with Crippen LogP contribution in [0.15, 0.2) is 104 Å². The Labute approximate surface area is 258 Å². The molecule has 0 saturated heterocycles. The van der Waals surface area contributed by atoms with Crippen LogP contribution >= 0.6 is 11.6 Å². The van der Waals surface area contributed by atoms with Crippen LogP contribution in [-0.4, -0.2) is 24.9 Å². The van der Waals surface area contributed by atoms with Gasteiger partial charge in [0, 0.05) is 40.4 Å². The first kappa shape index (κ1) is 29.9. The molecule has 0 spiro atoms. The number of aromatic amines is 1. The number of fused-ring (bicyclic) bond motifs is 1. The summed E-state index contributed by atoms with van der Waals surface area (Å²) in [6, 6.07) is 28.5. The van der Waals surface area contributed by atoms with E-state index in [0.29, 0.717) is 11.0 Å². The summed E-state index contributed by atoms with van der Waals surface area (Å²) in [5, 5.41) is 1.57. The van der Waals surface area contributed by atoms with E-state index in [4.69, 9.17) is 16.3 Å². The molecular formula is C36H36ClN5O. The van der Waals surface area contributed by atoms with E-state index in [1.54, 1.807) is 6.07 Å². The standard InChI is InChI=1S/C22H21N3O.C14H15ClN2/c1-22(2,3)17-6-4-15(5-7-17)20-13-21(25-14-24-20)26-18-8-9-19-16(12-18)10-11-23-19;1-14(2,3)11-6-4-10(5-7-11)12-8-13(15)17-9-16-12/h4-14,23H,1-3H3;4-9H,1-3H3. The van der Waals surface area contributed by atoms with Gasteiger partial charge in [-0.25, -0.2) is 19.9 Å². The van der Waals surface area contributed by atoms with Crippen LogP contribution in [0.3, 0.4) is 0 Å². The fraction of sp³-hybridized carbons (Fsp3) is 0.222. The number of ether oxygens (including phenoxy) is 1. The zero-order chi connectivity index (χ0) is 30.6. The Morgan fingerprint density at radius 2 is 1.16 bits per heavy atom. The number of rotatable bonds is 4. The summed E-state index contributed by atoms with van der Waals surface area (Å²) in [5.74, 6) is 1.29. The van der Waals surface area contributed by atoms with Gasteiger partial charge in [-0.2, -0.15) is 0 Å². The number of nitrogens with zero attached hydrogens (tertiary/aromatic N) is 4. The van der Waals surface area contributed by atoms with Crippen LogP contribution in [0.25, 0.3) is 33.4 Å². The molecule has 0 amide bonds. The minimum Gasteiger partial charge on any atom is -0.439 e. The molecule has 6 aromatic rings. The molecule has 3 aromatic carbocycles. The Hall–Kier alpha value is -4.55. The molecule has 7 heteroatoms. The summed E-state index contributed by atoms with van der Waals surface area (Å²) in [6.45, 7) is 13.2. The molecule has 0 aliphatic heterocycles. The third kappa shape index (κ3) is 7.65. The fourth-order valence-electron chi connectivity index (χ4n) is 4.54. The predicted molar refractivity (Wildman–Crippen MR) is 176 cm³/mol. The first-order chi connectivity index (χ1) is 20.5. The summed E-state index contributed by atoms with van der Waals surface area (Å²) in [4.78, 5) is 19.9. The minimum absolute atomic E-state index is 0.134. The topological polar surface area (TPSA) is 76.6 Å². The van der Waals surface area contributed by atoms with Crippen LogP contribution in [0.1, 0.15) is 52.7 Å². The van der Waals surface area contributed by atoms with E-state index >= 15 is 0 Å². The number of H-pyrrole nitrogens is 1. The highest BCUT2D eigenvalue weighted by Gasteiger charge is 2.14. The summed E-state index contributed by atoms with van der Waals surface area (Å²) in [7, 11) is 0. The van der Waals surface area contributed by atoms with E-state index in [2.05, 4.69) is 115 Å². The second kappa shape index (κ2) is 12.4. The van der Waals surface area contributed by atoms with Gasteiger partial charge in [0.05, 0.1) is 11.4 Å². The lowest BCUT2D eigenvalue weighted by atomic mass is 9.86. The number of hydrogen-bond donors (Lipinski definition) is 1. The van der Waals surface area contributed by atoms with Crippen LogP contribution in [0.2, 0.25) is 5.15 Å². The van der Waals surface area contributed by atoms with Crippen molar-refractivity contribution < 1.29 is 4.74 Å². The third-order valence-corrected chi connectivity index (χ3v) is 7.32. The Morgan fingerprint density at radius 3 is 1.72 bits per heavy atom. The quantitative estimate of drug-likeness (QED) is 0.207. The largest absolute Gasteiger partial charge is 0.439 e. The molecule has 6 nitrogen and oxygen atoms in total. The van der Waals surface area contributed by atoms with Crippen molar-refractivity contribution in [1.29, 1.82) is 0 Å². The Balaban J connectivity index is 0.000000188. The Kier molecular flexibility index (Phi) is 8.60. The van der Waals surface area contributed by atoms with Gasteiger partial charge in [-0.1, -0.05) is 102 Å². The molecule has 3 heterocycles. The van der Waals surface area contributed by atoms with E-state index in [1.807, 2.05) is 36.5 Å². The number of benzene rings is 3. The lowest BCUT2D eigenvalue weighted by Gasteiger charge is -2.19. The van der Waals surface area contributed by atoms with E-state index in [0.717, 1.165) is 39.2 Å². The lowest BCUT2D eigenvalue weighted by molar-refractivity contribution is 0.462. The van der Waals surface area contributed by atoms with Crippen molar-refractivity contribution >= 4 is 22.5 Å². The summed E-state index contributed by atoms with van der Waals surface area (Å²) in [5.41, 5.74) is 7.79. The SMILES string of the molecule is CC(C)(C)c1ccc(-c2cc(Cl)ncn2)cc1.CC(C)(C)c1ccc(-c2cc(Oc3ccc4[nH]ccc4c3)ncn2)cc1. The van der Waals surface area contributed by atoms with Gasteiger partial charge in [-0.05, 0) is 46.2 Å². The molecule has 0 unspecified atom stereocenters. The predicted octanol–water partition coefficient (Wildman–Crippen LogP) is 9.81. The van der Waals surface area contributed by atoms with Crippen LogP contribution < -0.4 is 4.74 Å². The van der Waals surface area contributed by atoms with Gasteiger partial charge < -0.3 is 9.72 Å². The van der Waals surface area contributed by atoms with Crippen LogP contribution in [-0.2, 0) is 10.8 Å². The van der Waals surface area contributed by atoms with E-state index in [9.17, 15) is 0 Å². The summed E-state index contributed by atoms with van der Waals surface area (Å²) in [6.07, 6.45) is 4.94. The monoisotopic (exact) mass is 589 g/mol. The Morgan fingerprint density at radius 1 is 0.605 bits per heavy atom. The average Bonchev–Trinajstić information content (AvgIpc) is 3.45. The fourth-order valence-corrected chi connectivity index (χ4v) is 4.69. The van der Waals surface area contributed by atoms with E-state index < -0.39 is 0 Å². The molecule has 0 aliphatic rings. The molecule has 43 heavy (non-hydrogen) atoms. The highest BCUT2D eigenvalue weighted by molar-refractivity contribution is 6.29. The number of aromatic nitrogens is 5. The van der Waals surface area contributed by atoms with Crippen molar-refractivity contribution in [3.8, 4) is 34.1 Å². The summed E-state index contributed by atoms with van der Waals surface area (Å²) < 4.78 is 5.93. The van der Waals surface area contributed by atoms with Gasteiger partial charge in [0.15, 0.2) is 0 Å². The van der Waals surface area contributed by atoms with Crippen molar-refractivity contribution in [1.82, 2.24) is 24.9 Å². The number of nitrogens with one attached hydrogen (secondary N) is 1. The van der Waals surface area contributed by atoms with Gasteiger partial charge in [-0.3, -0.25) is 0 Å². The van der Waals surface area contributed by atoms with E-state index in [-0.39, 0.29) is 10.8 Å². The minimum atomic E-state index is 0.134. The molecule has 0 radical (unpaired) electrons. The summed E-state index contributed by atoms with van der Waals surface area (Å²) >= 11 is 5.85. The second-order valence-electron chi connectivity index (χ2n) is 12.5. The van der Waals surface area contributed by atoms with Crippen molar-refractivity contribution in [2.24, 2.45) is 0 Å². The zero-order valence-corrected chi connectivity index (χ0v) is 26.1. The molecule has 1 N–H and O–H groups in total. The van der Waals surface area contributed by atoms with Gasteiger partial charge in [-0.15, -0.1) is 0 Å². The van der Waals surface area contributed by atoms with Crippen LogP contribution in [0.5, 0.6) is 11.6 Å². The van der Waals surface area contributed by atoms with Crippen molar-refractivity contribution in [2.75, 3.05) is 0 Å². The maximum absolute atomic E-state index is 5.93. The highest BCUT2D eigenvalue weighted by Crippen LogP contribution is 2.29. The molecule has 6 rings (SSSR count). The molecule has 0 atom stereocenters. The highest BCUT2D eigenvalue weighted by atomic mass is 35.5. The molecule has 0 fully saturated rings. The zero-order valence-electron chi connectivity index (χ0n) is 25.4. The van der Waals surface area contributed by atoms with Gasteiger partial charge in [0.2, 0.25) is 5.88 Å². The third-order valence-electron chi connectivity index (χ3n) is 7.12. The first-order valence-corrected chi connectivity index (χ1v) is 14.6. The smallest absolute Gasteiger partial charge is 0.222 e.